The van der Waals surface area contributed by atoms with Crippen molar-refractivity contribution in [1.82, 2.24) is 14.9 Å². The van der Waals surface area contributed by atoms with Gasteiger partial charge in [0.05, 0.1) is 11.4 Å². The van der Waals surface area contributed by atoms with Gasteiger partial charge in [0, 0.05) is 18.3 Å². The zero-order chi connectivity index (χ0) is 13.2. The van der Waals surface area contributed by atoms with Gasteiger partial charge in [-0.1, -0.05) is 12.8 Å². The Kier molecular flexibility index (Phi) is 3.85. The molecule has 0 saturated heterocycles. The summed E-state index contributed by atoms with van der Waals surface area (Å²) in [6, 6.07) is 0. The highest BCUT2D eigenvalue weighted by molar-refractivity contribution is 5.40. The Bertz CT molecular complexity index is 408. The smallest absolute Gasteiger partial charge is 0.147 e. The number of anilines is 1. The molecule has 1 aromatic rings. The SMILES string of the molecule is Cc1cnc(C)c(NCC2(N(C)C)CCCC2)n1. The van der Waals surface area contributed by atoms with E-state index in [0.29, 0.717) is 0 Å². The molecule has 0 atom stereocenters. The first-order valence-corrected chi connectivity index (χ1v) is 6.75. The molecule has 1 aromatic heterocycles. The van der Waals surface area contributed by atoms with Gasteiger partial charge in [0.15, 0.2) is 0 Å². The largest absolute Gasteiger partial charge is 0.367 e. The minimum Gasteiger partial charge on any atom is -0.367 e. The molecule has 1 N–H and O–H groups in total. The molecule has 0 unspecified atom stereocenters. The van der Waals surface area contributed by atoms with E-state index in [-0.39, 0.29) is 5.54 Å². The molecule has 2 rings (SSSR count). The first-order chi connectivity index (χ1) is 8.53. The summed E-state index contributed by atoms with van der Waals surface area (Å²) in [5.74, 6) is 0.933. The highest BCUT2D eigenvalue weighted by Crippen LogP contribution is 2.33. The zero-order valence-electron chi connectivity index (χ0n) is 12.0. The molecule has 0 bridgehead atoms. The highest BCUT2D eigenvalue weighted by Gasteiger charge is 2.35. The van der Waals surface area contributed by atoms with Gasteiger partial charge in [0.2, 0.25) is 0 Å². The summed E-state index contributed by atoms with van der Waals surface area (Å²) in [4.78, 5) is 11.3. The summed E-state index contributed by atoms with van der Waals surface area (Å²) in [5.41, 5.74) is 2.23. The molecule has 1 aliphatic carbocycles. The summed E-state index contributed by atoms with van der Waals surface area (Å²) in [7, 11) is 4.36. The lowest BCUT2D eigenvalue weighted by atomic mass is 9.96. The van der Waals surface area contributed by atoms with Crippen LogP contribution in [0.4, 0.5) is 5.82 Å². The van der Waals surface area contributed by atoms with Gasteiger partial charge in [0.25, 0.3) is 0 Å². The lowest BCUT2D eigenvalue weighted by Gasteiger charge is -2.36. The van der Waals surface area contributed by atoms with Gasteiger partial charge in [-0.25, -0.2) is 4.98 Å². The summed E-state index contributed by atoms with van der Waals surface area (Å²) in [6.45, 7) is 4.94. The average molecular weight is 248 g/mol. The van der Waals surface area contributed by atoms with E-state index in [9.17, 15) is 0 Å². The van der Waals surface area contributed by atoms with E-state index in [2.05, 4.69) is 34.3 Å². The summed E-state index contributed by atoms with van der Waals surface area (Å²) in [5, 5.41) is 3.50. The Balaban J connectivity index is 2.08. The van der Waals surface area contributed by atoms with E-state index < -0.39 is 0 Å². The Labute approximate surface area is 110 Å². The van der Waals surface area contributed by atoms with Crippen molar-refractivity contribution < 1.29 is 0 Å². The maximum Gasteiger partial charge on any atom is 0.147 e. The molecule has 1 aliphatic rings. The molecule has 1 heterocycles. The van der Waals surface area contributed by atoms with Crippen molar-refractivity contribution in [2.24, 2.45) is 0 Å². The monoisotopic (exact) mass is 248 g/mol. The first-order valence-electron chi connectivity index (χ1n) is 6.75. The van der Waals surface area contributed by atoms with Crippen LogP contribution in [-0.4, -0.2) is 41.0 Å². The number of aryl methyl sites for hydroxylation is 2. The molecule has 18 heavy (non-hydrogen) atoms. The molecule has 0 radical (unpaired) electrons. The van der Waals surface area contributed by atoms with Gasteiger partial charge in [-0.2, -0.15) is 0 Å². The average Bonchev–Trinajstić information content (AvgIpc) is 2.80. The molecular weight excluding hydrogens is 224 g/mol. The molecule has 0 amide bonds. The molecule has 0 aromatic carbocycles. The lowest BCUT2D eigenvalue weighted by Crippen LogP contribution is -2.47. The predicted molar refractivity (Wildman–Crippen MR) is 74.9 cm³/mol. The van der Waals surface area contributed by atoms with Gasteiger partial charge >= 0.3 is 0 Å². The van der Waals surface area contributed by atoms with Crippen molar-refractivity contribution in [3.05, 3.63) is 17.6 Å². The third-order valence-electron chi connectivity index (χ3n) is 4.14. The van der Waals surface area contributed by atoms with Gasteiger partial charge < -0.3 is 10.2 Å². The van der Waals surface area contributed by atoms with Crippen LogP contribution in [0.2, 0.25) is 0 Å². The van der Waals surface area contributed by atoms with Crippen molar-refractivity contribution in [2.45, 2.75) is 45.1 Å². The van der Waals surface area contributed by atoms with Crippen molar-refractivity contribution >= 4 is 5.82 Å². The number of hydrogen-bond donors (Lipinski definition) is 1. The van der Waals surface area contributed by atoms with E-state index in [1.807, 2.05) is 20.0 Å². The van der Waals surface area contributed by atoms with E-state index in [1.54, 1.807) is 0 Å². The summed E-state index contributed by atoms with van der Waals surface area (Å²) < 4.78 is 0. The maximum atomic E-state index is 4.53. The minimum absolute atomic E-state index is 0.290. The van der Waals surface area contributed by atoms with Crippen LogP contribution in [0.3, 0.4) is 0 Å². The van der Waals surface area contributed by atoms with Crippen molar-refractivity contribution in [2.75, 3.05) is 26.0 Å². The van der Waals surface area contributed by atoms with E-state index in [0.717, 1.165) is 23.8 Å². The van der Waals surface area contributed by atoms with Crippen LogP contribution in [0.15, 0.2) is 6.20 Å². The second-order valence-corrected chi connectivity index (χ2v) is 5.62. The Hall–Kier alpha value is -1.16. The number of nitrogens with one attached hydrogen (secondary N) is 1. The lowest BCUT2D eigenvalue weighted by molar-refractivity contribution is 0.172. The van der Waals surface area contributed by atoms with Crippen LogP contribution in [0, 0.1) is 13.8 Å². The number of hydrogen-bond acceptors (Lipinski definition) is 4. The van der Waals surface area contributed by atoms with Crippen molar-refractivity contribution in [3.8, 4) is 0 Å². The normalized spacial score (nSPS) is 18.3. The molecule has 4 nitrogen and oxygen atoms in total. The standard InChI is InChI=1S/C14H24N4/c1-11-9-15-12(2)13(17-11)16-10-14(18(3)4)7-5-6-8-14/h9H,5-8,10H2,1-4H3,(H,16,17). The number of rotatable bonds is 4. The summed E-state index contributed by atoms with van der Waals surface area (Å²) >= 11 is 0. The molecule has 4 heteroatoms. The number of aromatic nitrogens is 2. The van der Waals surface area contributed by atoms with Crippen LogP contribution in [0.25, 0.3) is 0 Å². The van der Waals surface area contributed by atoms with Crippen molar-refractivity contribution in [3.63, 3.8) is 0 Å². The molecule has 0 spiro atoms. The second kappa shape index (κ2) is 5.22. The topological polar surface area (TPSA) is 41.1 Å². The maximum absolute atomic E-state index is 4.53. The molecule has 100 valence electrons. The Morgan fingerprint density at radius 1 is 1.28 bits per heavy atom. The van der Waals surface area contributed by atoms with Crippen LogP contribution in [0.5, 0.6) is 0 Å². The van der Waals surface area contributed by atoms with Crippen LogP contribution >= 0.6 is 0 Å². The summed E-state index contributed by atoms with van der Waals surface area (Å²) in [6.07, 6.45) is 7.02. The van der Waals surface area contributed by atoms with Gasteiger partial charge in [-0.05, 0) is 40.8 Å². The van der Waals surface area contributed by atoms with Gasteiger partial charge in [0.1, 0.15) is 5.82 Å². The van der Waals surface area contributed by atoms with Crippen molar-refractivity contribution in [1.29, 1.82) is 0 Å². The molecule has 0 aliphatic heterocycles. The first kappa shape index (κ1) is 13.3. The third-order valence-corrected chi connectivity index (χ3v) is 4.14. The van der Waals surface area contributed by atoms with Crippen LogP contribution in [-0.2, 0) is 0 Å². The van der Waals surface area contributed by atoms with E-state index in [1.165, 1.54) is 25.7 Å². The molecule has 1 fully saturated rings. The second-order valence-electron chi connectivity index (χ2n) is 5.62. The van der Waals surface area contributed by atoms with E-state index in [4.69, 9.17) is 0 Å². The Morgan fingerprint density at radius 3 is 2.56 bits per heavy atom. The number of likely N-dealkylation sites (N-methyl/N-ethyl adjacent to an activating group) is 1. The Morgan fingerprint density at radius 2 is 1.94 bits per heavy atom. The van der Waals surface area contributed by atoms with Gasteiger partial charge in [-0.15, -0.1) is 0 Å². The molecule has 1 saturated carbocycles. The quantitative estimate of drug-likeness (QED) is 0.888. The zero-order valence-corrected chi connectivity index (χ0v) is 12.0. The third kappa shape index (κ3) is 2.64. The fourth-order valence-electron chi connectivity index (χ4n) is 2.77. The van der Waals surface area contributed by atoms with Crippen LogP contribution < -0.4 is 5.32 Å². The van der Waals surface area contributed by atoms with Gasteiger partial charge in [-0.3, -0.25) is 4.98 Å². The predicted octanol–water partition coefficient (Wildman–Crippen LogP) is 2.38. The fraction of sp³-hybridized carbons (Fsp3) is 0.714. The van der Waals surface area contributed by atoms with E-state index >= 15 is 0 Å². The highest BCUT2D eigenvalue weighted by atomic mass is 15.2. The number of nitrogens with zero attached hydrogens (tertiary/aromatic N) is 3. The molecular formula is C14H24N4. The fourth-order valence-corrected chi connectivity index (χ4v) is 2.77. The van der Waals surface area contributed by atoms with Crippen LogP contribution in [0.1, 0.15) is 37.1 Å². The minimum atomic E-state index is 0.290.